The third-order valence-electron chi connectivity index (χ3n) is 2.71. The molecule has 6 heteroatoms. The van der Waals surface area contributed by atoms with Gasteiger partial charge in [-0.1, -0.05) is 5.92 Å². The number of anilines is 1. The van der Waals surface area contributed by atoms with E-state index in [0.29, 0.717) is 11.9 Å². The fourth-order valence-electron chi connectivity index (χ4n) is 1.77. The quantitative estimate of drug-likeness (QED) is 0.669. The van der Waals surface area contributed by atoms with Gasteiger partial charge in [-0.2, -0.15) is 0 Å². The number of benzene rings is 1. The lowest BCUT2D eigenvalue weighted by Gasteiger charge is -2.04. The molecule has 0 fully saturated rings. The van der Waals surface area contributed by atoms with Gasteiger partial charge in [0.05, 0.1) is 6.54 Å². The second-order valence-electron chi connectivity index (χ2n) is 3.93. The SMILES string of the molecule is C#CCn1c(C)nc(-c2cc(F)c(F)cc2F)c1N. The molecule has 1 heterocycles. The first-order valence-electron chi connectivity index (χ1n) is 5.36. The van der Waals surface area contributed by atoms with Gasteiger partial charge < -0.3 is 10.3 Å². The summed E-state index contributed by atoms with van der Waals surface area (Å²) in [7, 11) is 0. The molecule has 19 heavy (non-hydrogen) atoms. The number of nitrogens with two attached hydrogens (primary N) is 1. The summed E-state index contributed by atoms with van der Waals surface area (Å²) in [6.45, 7) is 1.80. The second-order valence-corrected chi connectivity index (χ2v) is 3.93. The number of imidazole rings is 1. The molecule has 0 unspecified atom stereocenters. The smallest absolute Gasteiger partial charge is 0.161 e. The van der Waals surface area contributed by atoms with Crippen molar-refractivity contribution < 1.29 is 13.2 Å². The average molecular weight is 265 g/mol. The van der Waals surface area contributed by atoms with Crippen LogP contribution in [0.3, 0.4) is 0 Å². The molecule has 0 spiro atoms. The van der Waals surface area contributed by atoms with Gasteiger partial charge in [0, 0.05) is 11.6 Å². The van der Waals surface area contributed by atoms with Gasteiger partial charge in [0.1, 0.15) is 23.2 Å². The number of nitrogen functional groups attached to an aromatic ring is 1. The first kappa shape index (κ1) is 13.0. The van der Waals surface area contributed by atoms with Crippen molar-refractivity contribution in [3.8, 4) is 23.6 Å². The van der Waals surface area contributed by atoms with Crippen molar-refractivity contribution in [2.75, 3.05) is 5.73 Å². The molecule has 0 aliphatic heterocycles. The third-order valence-corrected chi connectivity index (χ3v) is 2.71. The molecule has 0 atom stereocenters. The van der Waals surface area contributed by atoms with Gasteiger partial charge in [-0.15, -0.1) is 6.42 Å². The van der Waals surface area contributed by atoms with Gasteiger partial charge >= 0.3 is 0 Å². The van der Waals surface area contributed by atoms with E-state index >= 15 is 0 Å². The van der Waals surface area contributed by atoms with Gasteiger partial charge in [0.2, 0.25) is 0 Å². The number of aromatic nitrogens is 2. The van der Waals surface area contributed by atoms with E-state index in [1.165, 1.54) is 4.57 Å². The highest BCUT2D eigenvalue weighted by Crippen LogP contribution is 2.29. The topological polar surface area (TPSA) is 43.8 Å². The van der Waals surface area contributed by atoms with Gasteiger partial charge in [-0.05, 0) is 13.0 Å². The van der Waals surface area contributed by atoms with Crippen LogP contribution in [0.1, 0.15) is 5.82 Å². The fourth-order valence-corrected chi connectivity index (χ4v) is 1.77. The molecule has 0 aliphatic rings. The average Bonchev–Trinajstić information content (AvgIpc) is 2.62. The highest BCUT2D eigenvalue weighted by atomic mass is 19.2. The first-order valence-corrected chi connectivity index (χ1v) is 5.36. The normalized spacial score (nSPS) is 10.5. The van der Waals surface area contributed by atoms with Crippen LogP contribution in [0.4, 0.5) is 19.0 Å². The number of terminal acetylenes is 1. The van der Waals surface area contributed by atoms with Crippen molar-refractivity contribution in [2.24, 2.45) is 0 Å². The monoisotopic (exact) mass is 265 g/mol. The van der Waals surface area contributed by atoms with Crippen LogP contribution in [0.25, 0.3) is 11.3 Å². The van der Waals surface area contributed by atoms with Crippen LogP contribution in [0.5, 0.6) is 0 Å². The molecule has 2 rings (SSSR count). The van der Waals surface area contributed by atoms with Gasteiger partial charge in [0.25, 0.3) is 0 Å². The van der Waals surface area contributed by atoms with Crippen LogP contribution < -0.4 is 5.73 Å². The highest BCUT2D eigenvalue weighted by Gasteiger charge is 2.19. The van der Waals surface area contributed by atoms with Crippen molar-refractivity contribution in [3.63, 3.8) is 0 Å². The summed E-state index contributed by atoms with van der Waals surface area (Å²) < 4.78 is 41.2. The van der Waals surface area contributed by atoms with Crippen molar-refractivity contribution in [3.05, 3.63) is 35.4 Å². The highest BCUT2D eigenvalue weighted by molar-refractivity contribution is 5.71. The van der Waals surface area contributed by atoms with E-state index in [1.54, 1.807) is 6.92 Å². The van der Waals surface area contributed by atoms with Crippen LogP contribution >= 0.6 is 0 Å². The Morgan fingerprint density at radius 3 is 2.53 bits per heavy atom. The number of aryl methyl sites for hydroxylation is 1. The Labute approximate surface area is 107 Å². The lowest BCUT2D eigenvalue weighted by atomic mass is 10.1. The standard InChI is InChI=1S/C13H10F3N3/c1-3-4-19-7(2)18-12(13(19)17)8-5-10(15)11(16)6-9(8)14/h1,5-6H,4,17H2,2H3. The zero-order valence-electron chi connectivity index (χ0n) is 10.0. The maximum Gasteiger partial charge on any atom is 0.161 e. The summed E-state index contributed by atoms with van der Waals surface area (Å²) in [4.78, 5) is 4.04. The number of hydrogen-bond acceptors (Lipinski definition) is 2. The largest absolute Gasteiger partial charge is 0.383 e. The number of nitrogens with zero attached hydrogens (tertiary/aromatic N) is 2. The summed E-state index contributed by atoms with van der Waals surface area (Å²) >= 11 is 0. The van der Waals surface area contributed by atoms with Crippen molar-refractivity contribution in [1.82, 2.24) is 9.55 Å². The van der Waals surface area contributed by atoms with Gasteiger partial charge in [-0.25, -0.2) is 18.2 Å². The summed E-state index contributed by atoms with van der Waals surface area (Å²) in [5.74, 6) is -0.406. The molecule has 3 nitrogen and oxygen atoms in total. The number of rotatable bonds is 2. The predicted molar refractivity (Wildman–Crippen MR) is 65.5 cm³/mol. The molecule has 0 bridgehead atoms. The molecule has 0 radical (unpaired) electrons. The number of hydrogen-bond donors (Lipinski definition) is 1. The van der Waals surface area contributed by atoms with E-state index in [4.69, 9.17) is 12.2 Å². The molecule has 1 aromatic carbocycles. The Bertz CT molecular complexity index is 683. The summed E-state index contributed by atoms with van der Waals surface area (Å²) in [5, 5.41) is 0. The Morgan fingerprint density at radius 1 is 1.26 bits per heavy atom. The van der Waals surface area contributed by atoms with E-state index in [-0.39, 0.29) is 23.6 Å². The fraction of sp³-hybridized carbons (Fsp3) is 0.154. The predicted octanol–water partition coefficient (Wildman–Crippen LogP) is 2.49. The van der Waals surface area contributed by atoms with Crippen molar-refractivity contribution in [1.29, 1.82) is 0 Å². The molecule has 0 amide bonds. The molecule has 98 valence electrons. The van der Waals surface area contributed by atoms with E-state index in [9.17, 15) is 13.2 Å². The maximum atomic E-state index is 13.7. The molecule has 0 aliphatic carbocycles. The van der Waals surface area contributed by atoms with E-state index in [2.05, 4.69) is 10.9 Å². The lowest BCUT2D eigenvalue weighted by Crippen LogP contribution is -2.03. The van der Waals surface area contributed by atoms with E-state index < -0.39 is 17.5 Å². The van der Waals surface area contributed by atoms with Gasteiger partial charge in [0.15, 0.2) is 11.6 Å². The molecule has 0 saturated heterocycles. The van der Waals surface area contributed by atoms with Crippen LogP contribution in [0, 0.1) is 36.7 Å². The third kappa shape index (κ3) is 2.15. The Kier molecular flexibility index (Phi) is 3.21. The lowest BCUT2D eigenvalue weighted by molar-refractivity contribution is 0.496. The number of halogens is 3. The zero-order chi connectivity index (χ0) is 14.2. The molecular weight excluding hydrogens is 255 g/mol. The van der Waals surface area contributed by atoms with Crippen LogP contribution in [0.15, 0.2) is 12.1 Å². The van der Waals surface area contributed by atoms with Gasteiger partial charge in [-0.3, -0.25) is 0 Å². The minimum Gasteiger partial charge on any atom is -0.383 e. The Morgan fingerprint density at radius 2 is 1.89 bits per heavy atom. The second kappa shape index (κ2) is 4.69. The first-order chi connectivity index (χ1) is 8.95. The molecule has 0 saturated carbocycles. The molecule has 2 N–H and O–H groups in total. The van der Waals surface area contributed by atoms with Crippen LogP contribution in [-0.2, 0) is 6.54 Å². The Hall–Kier alpha value is -2.42. The summed E-state index contributed by atoms with van der Waals surface area (Å²) in [6, 6.07) is 1.18. The molecule has 1 aromatic heterocycles. The molecule has 2 aromatic rings. The zero-order valence-corrected chi connectivity index (χ0v) is 10.0. The minimum atomic E-state index is -1.26. The Balaban J connectivity index is 2.64. The minimum absolute atomic E-state index is 0.0455. The molecular formula is C13H10F3N3. The van der Waals surface area contributed by atoms with Crippen LogP contribution in [-0.4, -0.2) is 9.55 Å². The van der Waals surface area contributed by atoms with E-state index in [0.717, 1.165) is 6.07 Å². The van der Waals surface area contributed by atoms with E-state index in [1.807, 2.05) is 0 Å². The van der Waals surface area contributed by atoms with Crippen molar-refractivity contribution in [2.45, 2.75) is 13.5 Å². The summed E-state index contributed by atoms with van der Waals surface area (Å²) in [5.41, 5.74) is 5.65. The summed E-state index contributed by atoms with van der Waals surface area (Å²) in [6.07, 6.45) is 5.18. The maximum absolute atomic E-state index is 13.7. The van der Waals surface area contributed by atoms with Crippen LogP contribution in [0.2, 0.25) is 0 Å². The van der Waals surface area contributed by atoms with Crippen molar-refractivity contribution >= 4 is 5.82 Å².